The number of benzene rings is 1. The minimum absolute atomic E-state index is 0.290. The van der Waals surface area contributed by atoms with Crippen LogP contribution in [0.15, 0.2) is 48.8 Å². The van der Waals surface area contributed by atoms with Gasteiger partial charge in [0.25, 0.3) is 0 Å². The van der Waals surface area contributed by atoms with Gasteiger partial charge in [0, 0.05) is 10.9 Å². The van der Waals surface area contributed by atoms with Crippen LogP contribution in [0.1, 0.15) is 24.3 Å². The quantitative estimate of drug-likeness (QED) is 0.677. The van der Waals surface area contributed by atoms with E-state index in [0.717, 1.165) is 14.9 Å². The van der Waals surface area contributed by atoms with E-state index in [1.165, 1.54) is 10.5 Å². The highest BCUT2D eigenvalue weighted by molar-refractivity contribution is 9.13. The number of rotatable bonds is 5. The molecular weight excluding hydrogens is 390 g/mol. The van der Waals surface area contributed by atoms with Gasteiger partial charge in [-0.05, 0) is 68.8 Å². The van der Waals surface area contributed by atoms with Crippen LogP contribution in [0.25, 0.3) is 0 Å². The van der Waals surface area contributed by atoms with E-state index >= 15 is 0 Å². The Morgan fingerprint density at radius 1 is 1.26 bits per heavy atom. The lowest BCUT2D eigenvalue weighted by molar-refractivity contribution is 0.446. The minimum atomic E-state index is 0.290. The smallest absolute Gasteiger partial charge is 0.183 e. The molecule has 0 aliphatic carbocycles. The monoisotopic (exact) mass is 403 g/mol. The third kappa shape index (κ3) is 4.12. The van der Waals surface area contributed by atoms with E-state index in [2.05, 4.69) is 74.6 Å². The SMILES string of the molecule is CSc1ccc(C(C)NCc2cc(Br)c(Br)o2)cc1. The van der Waals surface area contributed by atoms with E-state index in [-0.39, 0.29) is 0 Å². The molecule has 19 heavy (non-hydrogen) atoms. The molecule has 2 aromatic rings. The molecule has 2 nitrogen and oxygen atoms in total. The molecule has 1 aromatic heterocycles. The van der Waals surface area contributed by atoms with Crippen molar-refractivity contribution in [2.24, 2.45) is 0 Å². The van der Waals surface area contributed by atoms with E-state index in [0.29, 0.717) is 12.6 Å². The van der Waals surface area contributed by atoms with Crippen LogP contribution in [-0.4, -0.2) is 6.26 Å². The fraction of sp³-hybridized carbons (Fsp3) is 0.286. The van der Waals surface area contributed by atoms with Gasteiger partial charge in [0.1, 0.15) is 5.76 Å². The zero-order valence-corrected chi connectivity index (χ0v) is 14.7. The Labute approximate surface area is 134 Å². The van der Waals surface area contributed by atoms with Crippen LogP contribution in [-0.2, 0) is 6.54 Å². The summed E-state index contributed by atoms with van der Waals surface area (Å²) in [6.45, 7) is 2.86. The molecule has 1 atom stereocenters. The number of hydrogen-bond acceptors (Lipinski definition) is 3. The molecule has 0 saturated heterocycles. The van der Waals surface area contributed by atoms with Crippen molar-refractivity contribution >= 4 is 43.6 Å². The topological polar surface area (TPSA) is 25.2 Å². The molecule has 0 spiro atoms. The summed E-state index contributed by atoms with van der Waals surface area (Å²) in [6.07, 6.45) is 2.09. The Morgan fingerprint density at radius 3 is 2.47 bits per heavy atom. The summed E-state index contributed by atoms with van der Waals surface area (Å²) in [5.41, 5.74) is 1.28. The van der Waals surface area contributed by atoms with Crippen LogP contribution in [0.3, 0.4) is 0 Å². The third-order valence-electron chi connectivity index (χ3n) is 2.89. The van der Waals surface area contributed by atoms with Gasteiger partial charge in [-0.15, -0.1) is 11.8 Å². The van der Waals surface area contributed by atoms with Crippen LogP contribution in [0.4, 0.5) is 0 Å². The van der Waals surface area contributed by atoms with E-state index in [9.17, 15) is 0 Å². The summed E-state index contributed by atoms with van der Waals surface area (Å²) in [5.74, 6) is 0.909. The molecule has 2 rings (SSSR count). The van der Waals surface area contributed by atoms with Crippen LogP contribution >= 0.6 is 43.6 Å². The summed E-state index contributed by atoms with van der Waals surface area (Å²) in [7, 11) is 0. The summed E-state index contributed by atoms with van der Waals surface area (Å²) in [6, 6.07) is 10.9. The van der Waals surface area contributed by atoms with E-state index in [4.69, 9.17) is 4.42 Å². The summed E-state index contributed by atoms with van der Waals surface area (Å²) < 4.78 is 7.22. The number of nitrogens with one attached hydrogen (secondary N) is 1. The van der Waals surface area contributed by atoms with E-state index < -0.39 is 0 Å². The molecule has 102 valence electrons. The van der Waals surface area contributed by atoms with Crippen molar-refractivity contribution < 1.29 is 4.42 Å². The van der Waals surface area contributed by atoms with Gasteiger partial charge >= 0.3 is 0 Å². The van der Waals surface area contributed by atoms with E-state index in [1.54, 1.807) is 11.8 Å². The van der Waals surface area contributed by atoms with Crippen LogP contribution < -0.4 is 5.32 Å². The normalized spacial score (nSPS) is 12.6. The Balaban J connectivity index is 1.94. The average molecular weight is 405 g/mol. The van der Waals surface area contributed by atoms with Gasteiger partial charge < -0.3 is 9.73 Å². The van der Waals surface area contributed by atoms with Crippen molar-refractivity contribution in [2.45, 2.75) is 24.4 Å². The van der Waals surface area contributed by atoms with Crippen molar-refractivity contribution in [3.8, 4) is 0 Å². The lowest BCUT2D eigenvalue weighted by Gasteiger charge is -2.13. The number of furan rings is 1. The molecule has 0 aliphatic rings. The number of halogens is 2. The van der Waals surface area contributed by atoms with Crippen LogP contribution in [0.5, 0.6) is 0 Å². The Bertz CT molecular complexity index is 519. The molecule has 0 radical (unpaired) electrons. The lowest BCUT2D eigenvalue weighted by Crippen LogP contribution is -2.17. The zero-order chi connectivity index (χ0) is 13.8. The van der Waals surface area contributed by atoms with Crippen molar-refractivity contribution in [2.75, 3.05) is 6.26 Å². The molecular formula is C14H15Br2NOS. The van der Waals surface area contributed by atoms with Crippen molar-refractivity contribution in [1.29, 1.82) is 0 Å². The molecule has 0 amide bonds. The van der Waals surface area contributed by atoms with Gasteiger partial charge in [-0.2, -0.15) is 0 Å². The van der Waals surface area contributed by atoms with Gasteiger partial charge in [-0.1, -0.05) is 12.1 Å². The zero-order valence-electron chi connectivity index (χ0n) is 10.7. The maximum absolute atomic E-state index is 5.54. The highest BCUT2D eigenvalue weighted by atomic mass is 79.9. The van der Waals surface area contributed by atoms with Gasteiger partial charge in [0.05, 0.1) is 11.0 Å². The first-order valence-electron chi connectivity index (χ1n) is 5.91. The van der Waals surface area contributed by atoms with E-state index in [1.807, 2.05) is 6.07 Å². The number of thioether (sulfide) groups is 1. The lowest BCUT2D eigenvalue weighted by atomic mass is 10.1. The molecule has 5 heteroatoms. The second-order valence-electron chi connectivity index (χ2n) is 4.21. The number of hydrogen-bond donors (Lipinski definition) is 1. The Kier molecular flexibility index (Phi) is 5.57. The molecule has 0 bridgehead atoms. The van der Waals surface area contributed by atoms with Crippen molar-refractivity contribution in [1.82, 2.24) is 5.32 Å². The second-order valence-corrected chi connectivity index (χ2v) is 6.66. The molecule has 1 unspecified atom stereocenters. The van der Waals surface area contributed by atoms with Crippen molar-refractivity contribution in [3.05, 3.63) is 50.8 Å². The molecule has 1 heterocycles. The fourth-order valence-corrected chi connectivity index (χ4v) is 2.81. The summed E-state index contributed by atoms with van der Waals surface area (Å²) in [4.78, 5) is 1.29. The van der Waals surface area contributed by atoms with Gasteiger partial charge in [-0.25, -0.2) is 0 Å². The second kappa shape index (κ2) is 6.97. The summed E-state index contributed by atoms with van der Waals surface area (Å²) >= 11 is 8.51. The largest absolute Gasteiger partial charge is 0.452 e. The summed E-state index contributed by atoms with van der Waals surface area (Å²) in [5, 5.41) is 3.45. The van der Waals surface area contributed by atoms with Gasteiger partial charge in [0.2, 0.25) is 0 Å². The highest BCUT2D eigenvalue weighted by Gasteiger charge is 2.09. The Hall–Kier alpha value is -0.230. The predicted molar refractivity (Wildman–Crippen MR) is 87.6 cm³/mol. The maximum atomic E-state index is 5.54. The Morgan fingerprint density at radius 2 is 1.95 bits per heavy atom. The third-order valence-corrected chi connectivity index (χ3v) is 5.35. The molecule has 0 saturated carbocycles. The molecule has 1 N–H and O–H groups in total. The average Bonchev–Trinajstić information content (AvgIpc) is 2.75. The molecule has 0 aliphatic heterocycles. The van der Waals surface area contributed by atoms with Gasteiger partial charge in [-0.3, -0.25) is 0 Å². The van der Waals surface area contributed by atoms with Crippen molar-refractivity contribution in [3.63, 3.8) is 0 Å². The first kappa shape index (κ1) is 15.2. The van der Waals surface area contributed by atoms with Crippen LogP contribution in [0.2, 0.25) is 0 Å². The maximum Gasteiger partial charge on any atom is 0.183 e. The molecule has 0 fully saturated rings. The highest BCUT2D eigenvalue weighted by Crippen LogP contribution is 2.27. The predicted octanol–water partition coefficient (Wildman–Crippen LogP) is 5.38. The first-order chi connectivity index (χ1) is 9.10. The standard InChI is InChI=1S/C14H15Br2NOS/c1-9(10-3-5-12(19-2)6-4-10)17-8-11-7-13(15)14(16)18-11/h3-7,9,17H,8H2,1-2H3. The first-order valence-corrected chi connectivity index (χ1v) is 8.72. The fourth-order valence-electron chi connectivity index (χ4n) is 1.74. The van der Waals surface area contributed by atoms with Crippen LogP contribution in [0, 0.1) is 0 Å². The molecule has 1 aromatic carbocycles. The van der Waals surface area contributed by atoms with Gasteiger partial charge in [0.15, 0.2) is 4.67 Å². The minimum Gasteiger partial charge on any atom is -0.452 e.